The second-order valence-electron chi connectivity index (χ2n) is 2.76. The van der Waals surface area contributed by atoms with Crippen LogP contribution in [0.5, 0.6) is 0 Å². The number of carbonyl (C=O) groups is 1. The van der Waals surface area contributed by atoms with Gasteiger partial charge in [-0.2, -0.15) is 0 Å². The van der Waals surface area contributed by atoms with Crippen LogP contribution in [0.1, 0.15) is 5.56 Å². The van der Waals surface area contributed by atoms with Crippen LogP contribution in [0.15, 0.2) is 28.7 Å². The van der Waals surface area contributed by atoms with E-state index in [1.807, 2.05) is 46.9 Å². The molecule has 0 saturated heterocycles. The maximum absolute atomic E-state index is 10.9. The Balaban J connectivity index is 2.39. The number of Topliss-reactive ketones (excluding diaryl/α,β-unsaturated/α-hetero) is 1. The van der Waals surface area contributed by atoms with Gasteiger partial charge in [-0.1, -0.05) is 56.7 Å². The summed E-state index contributed by atoms with van der Waals surface area (Å²) < 4.78 is 6.79. The molecule has 0 fully saturated rings. The zero-order chi connectivity index (χ0) is 10.4. The van der Waals surface area contributed by atoms with E-state index in [-0.39, 0.29) is 12.4 Å². The van der Waals surface area contributed by atoms with E-state index in [0.717, 1.165) is 10.0 Å². The SMILES string of the molecule is O=C(CI)COCc1ccccc1Br. The van der Waals surface area contributed by atoms with Crippen LogP contribution < -0.4 is 0 Å². The highest BCUT2D eigenvalue weighted by molar-refractivity contribution is 14.1. The summed E-state index contributed by atoms with van der Waals surface area (Å²) in [5, 5.41) is 0. The van der Waals surface area contributed by atoms with E-state index in [2.05, 4.69) is 15.9 Å². The van der Waals surface area contributed by atoms with Crippen molar-refractivity contribution in [2.75, 3.05) is 11.0 Å². The van der Waals surface area contributed by atoms with Crippen LogP contribution in [0.2, 0.25) is 0 Å². The van der Waals surface area contributed by atoms with Crippen LogP contribution in [0.4, 0.5) is 0 Å². The van der Waals surface area contributed by atoms with Crippen molar-refractivity contribution in [3.05, 3.63) is 34.3 Å². The molecule has 0 aliphatic carbocycles. The molecule has 1 aromatic carbocycles. The second-order valence-corrected chi connectivity index (χ2v) is 4.37. The molecule has 0 atom stereocenters. The molecule has 2 nitrogen and oxygen atoms in total. The predicted molar refractivity (Wildman–Crippen MR) is 67.7 cm³/mol. The van der Waals surface area contributed by atoms with Gasteiger partial charge in [-0.25, -0.2) is 0 Å². The smallest absolute Gasteiger partial charge is 0.168 e. The molecule has 0 aliphatic heterocycles. The van der Waals surface area contributed by atoms with Crippen molar-refractivity contribution in [3.63, 3.8) is 0 Å². The van der Waals surface area contributed by atoms with Gasteiger partial charge in [0, 0.05) is 4.47 Å². The molecular formula is C10H10BrIO2. The topological polar surface area (TPSA) is 26.3 Å². The molecule has 1 aromatic rings. The summed E-state index contributed by atoms with van der Waals surface area (Å²) in [5.74, 6) is 0.123. The van der Waals surface area contributed by atoms with Gasteiger partial charge in [-0.3, -0.25) is 4.79 Å². The summed E-state index contributed by atoms with van der Waals surface area (Å²) in [6.45, 7) is 0.675. The van der Waals surface area contributed by atoms with Crippen molar-refractivity contribution in [2.45, 2.75) is 6.61 Å². The minimum atomic E-state index is 0.123. The number of hydrogen-bond donors (Lipinski definition) is 0. The van der Waals surface area contributed by atoms with E-state index in [1.54, 1.807) is 0 Å². The molecule has 0 saturated carbocycles. The van der Waals surface area contributed by atoms with E-state index in [9.17, 15) is 4.79 Å². The van der Waals surface area contributed by atoms with E-state index in [4.69, 9.17) is 4.74 Å². The Kier molecular flexibility index (Phi) is 5.66. The highest BCUT2D eigenvalue weighted by Crippen LogP contribution is 2.16. The highest BCUT2D eigenvalue weighted by atomic mass is 127. The number of rotatable bonds is 5. The lowest BCUT2D eigenvalue weighted by Crippen LogP contribution is -2.09. The average Bonchev–Trinajstić information content (AvgIpc) is 2.20. The monoisotopic (exact) mass is 368 g/mol. The van der Waals surface area contributed by atoms with Gasteiger partial charge in [-0.05, 0) is 11.6 Å². The minimum absolute atomic E-state index is 0.123. The summed E-state index contributed by atoms with van der Waals surface area (Å²) >= 11 is 5.45. The third kappa shape index (κ3) is 4.06. The number of ether oxygens (including phenoxy) is 1. The van der Waals surface area contributed by atoms with Gasteiger partial charge >= 0.3 is 0 Å². The Morgan fingerprint density at radius 2 is 2.14 bits per heavy atom. The first-order chi connectivity index (χ1) is 6.74. The van der Waals surface area contributed by atoms with Gasteiger partial charge in [0.15, 0.2) is 5.78 Å². The van der Waals surface area contributed by atoms with Gasteiger partial charge < -0.3 is 4.74 Å². The standard InChI is InChI=1S/C10H10BrIO2/c11-10-4-2-1-3-8(10)6-14-7-9(13)5-12/h1-4H,5-7H2. The molecule has 0 spiro atoms. The molecule has 76 valence electrons. The second kappa shape index (κ2) is 6.53. The predicted octanol–water partition coefficient (Wildman–Crippen LogP) is 2.97. The lowest BCUT2D eigenvalue weighted by Gasteiger charge is -2.04. The number of halogens is 2. The molecule has 0 heterocycles. The third-order valence-electron chi connectivity index (χ3n) is 1.63. The molecule has 0 bridgehead atoms. The maximum Gasteiger partial charge on any atom is 0.168 e. The first-order valence-corrected chi connectivity index (χ1v) is 6.44. The van der Waals surface area contributed by atoms with Gasteiger partial charge in [-0.15, -0.1) is 0 Å². The molecule has 0 aliphatic rings. The van der Waals surface area contributed by atoms with Crippen molar-refractivity contribution >= 4 is 44.3 Å². The number of ketones is 1. The summed E-state index contributed by atoms with van der Waals surface area (Å²) in [7, 11) is 0. The van der Waals surface area contributed by atoms with Gasteiger partial charge in [0.05, 0.1) is 11.0 Å². The first-order valence-electron chi connectivity index (χ1n) is 4.13. The fourth-order valence-electron chi connectivity index (χ4n) is 0.929. The van der Waals surface area contributed by atoms with E-state index >= 15 is 0 Å². The minimum Gasteiger partial charge on any atom is -0.369 e. The Hall–Kier alpha value is 0.0600. The summed E-state index contributed by atoms with van der Waals surface area (Å²) in [6, 6.07) is 7.82. The molecule has 14 heavy (non-hydrogen) atoms. The lowest BCUT2D eigenvalue weighted by molar-refractivity contribution is -0.121. The molecule has 0 amide bonds. The Morgan fingerprint density at radius 3 is 2.79 bits per heavy atom. The Morgan fingerprint density at radius 1 is 1.43 bits per heavy atom. The van der Waals surface area contributed by atoms with Crippen LogP contribution in [0.3, 0.4) is 0 Å². The zero-order valence-electron chi connectivity index (χ0n) is 7.50. The Labute approximate surface area is 105 Å². The Bertz CT molecular complexity index is 315. The van der Waals surface area contributed by atoms with Gasteiger partial charge in [0.25, 0.3) is 0 Å². The molecule has 0 radical (unpaired) electrons. The van der Waals surface area contributed by atoms with E-state index < -0.39 is 0 Å². The zero-order valence-corrected chi connectivity index (χ0v) is 11.2. The summed E-state index contributed by atoms with van der Waals surface area (Å²) in [6.07, 6.45) is 0. The molecule has 0 unspecified atom stereocenters. The number of carbonyl (C=O) groups excluding carboxylic acids is 1. The van der Waals surface area contributed by atoms with Crippen molar-refractivity contribution in [1.29, 1.82) is 0 Å². The van der Waals surface area contributed by atoms with Crippen molar-refractivity contribution in [1.82, 2.24) is 0 Å². The quantitative estimate of drug-likeness (QED) is 0.590. The fourth-order valence-corrected chi connectivity index (χ4v) is 1.55. The van der Waals surface area contributed by atoms with Crippen LogP contribution in [-0.4, -0.2) is 16.8 Å². The normalized spacial score (nSPS) is 10.1. The molecule has 4 heteroatoms. The molecule has 0 aromatic heterocycles. The van der Waals surface area contributed by atoms with Crippen LogP contribution in [-0.2, 0) is 16.1 Å². The van der Waals surface area contributed by atoms with Crippen LogP contribution in [0.25, 0.3) is 0 Å². The highest BCUT2D eigenvalue weighted by Gasteiger charge is 2.01. The van der Waals surface area contributed by atoms with Crippen molar-refractivity contribution in [3.8, 4) is 0 Å². The molecule has 1 rings (SSSR count). The first kappa shape index (κ1) is 12.1. The number of benzene rings is 1. The number of hydrogen-bond acceptors (Lipinski definition) is 2. The molecule has 0 N–H and O–H groups in total. The van der Waals surface area contributed by atoms with Gasteiger partial charge in [0.1, 0.15) is 6.61 Å². The third-order valence-corrected chi connectivity index (χ3v) is 3.25. The van der Waals surface area contributed by atoms with Crippen molar-refractivity contribution in [2.24, 2.45) is 0 Å². The summed E-state index contributed by atoms with van der Waals surface area (Å²) in [5.41, 5.74) is 1.06. The van der Waals surface area contributed by atoms with Crippen LogP contribution >= 0.6 is 38.5 Å². The lowest BCUT2D eigenvalue weighted by atomic mass is 10.2. The van der Waals surface area contributed by atoms with E-state index in [1.165, 1.54) is 0 Å². The fraction of sp³-hybridized carbons (Fsp3) is 0.300. The molecular weight excluding hydrogens is 359 g/mol. The maximum atomic E-state index is 10.9. The van der Waals surface area contributed by atoms with E-state index in [0.29, 0.717) is 11.0 Å². The summed E-state index contributed by atoms with van der Waals surface area (Å²) in [4.78, 5) is 10.9. The van der Waals surface area contributed by atoms with Crippen LogP contribution in [0, 0.1) is 0 Å². The largest absolute Gasteiger partial charge is 0.369 e. The van der Waals surface area contributed by atoms with Crippen molar-refractivity contribution < 1.29 is 9.53 Å². The van der Waals surface area contributed by atoms with Gasteiger partial charge in [0.2, 0.25) is 0 Å². The number of alkyl halides is 1. The average molecular weight is 369 g/mol.